The van der Waals surface area contributed by atoms with Crippen molar-refractivity contribution >= 4 is 11.6 Å². The van der Waals surface area contributed by atoms with E-state index in [0.717, 1.165) is 5.56 Å². The van der Waals surface area contributed by atoms with E-state index < -0.39 is 6.10 Å². The third-order valence-electron chi connectivity index (χ3n) is 2.24. The first-order valence-corrected chi connectivity index (χ1v) is 4.98. The summed E-state index contributed by atoms with van der Waals surface area (Å²) in [7, 11) is 1.81. The van der Waals surface area contributed by atoms with E-state index in [1.807, 2.05) is 30.3 Å². The van der Waals surface area contributed by atoms with Gasteiger partial charge in [0, 0.05) is 13.2 Å². The number of halogens is 1. The summed E-state index contributed by atoms with van der Waals surface area (Å²) in [6.07, 6.45) is 0.937. The van der Waals surface area contributed by atoms with Gasteiger partial charge in [-0.1, -0.05) is 41.9 Å². The summed E-state index contributed by atoms with van der Waals surface area (Å²) in [5, 5.41) is 10.4. The summed E-state index contributed by atoms with van der Waals surface area (Å²) in [6.45, 7) is 0. The van der Waals surface area contributed by atoms with Crippen molar-refractivity contribution in [3.8, 4) is 0 Å². The number of aryl methyl sites for hydroxylation is 1. The fourth-order valence-electron chi connectivity index (χ4n) is 1.48. The molecule has 2 rings (SSSR count). The molecule has 0 saturated carbocycles. The largest absolute Gasteiger partial charge is 0.380 e. The Bertz CT molecular complexity index is 453. The van der Waals surface area contributed by atoms with Crippen molar-refractivity contribution in [2.24, 2.45) is 7.05 Å². The molecule has 0 aliphatic carbocycles. The molecular weight excluding hydrogens is 212 g/mol. The lowest BCUT2D eigenvalue weighted by Crippen LogP contribution is -2.06. The van der Waals surface area contributed by atoms with Gasteiger partial charge in [0.2, 0.25) is 0 Å². The summed E-state index contributed by atoms with van der Waals surface area (Å²) in [5.41, 5.74) is 0.808. The van der Waals surface area contributed by atoms with Gasteiger partial charge >= 0.3 is 0 Å². The molecule has 1 N–H and O–H groups in total. The minimum Gasteiger partial charge on any atom is -0.380 e. The molecule has 78 valence electrons. The van der Waals surface area contributed by atoms with Crippen molar-refractivity contribution in [3.05, 3.63) is 53.1 Å². The van der Waals surface area contributed by atoms with Crippen LogP contribution in [0.15, 0.2) is 36.5 Å². The highest BCUT2D eigenvalue weighted by molar-refractivity contribution is 6.29. The van der Waals surface area contributed by atoms with Crippen LogP contribution in [0.2, 0.25) is 5.15 Å². The Balaban J connectivity index is 2.36. The van der Waals surface area contributed by atoms with E-state index in [-0.39, 0.29) is 0 Å². The van der Waals surface area contributed by atoms with E-state index in [2.05, 4.69) is 4.98 Å². The number of hydrogen-bond acceptors (Lipinski definition) is 2. The summed E-state index contributed by atoms with van der Waals surface area (Å²) in [4.78, 5) is 4.06. The van der Waals surface area contributed by atoms with Gasteiger partial charge in [0.25, 0.3) is 0 Å². The van der Waals surface area contributed by atoms with Gasteiger partial charge in [-0.15, -0.1) is 0 Å². The van der Waals surface area contributed by atoms with Crippen molar-refractivity contribution in [2.75, 3.05) is 0 Å². The number of nitrogens with zero attached hydrogens (tertiary/aromatic N) is 2. The first-order valence-electron chi connectivity index (χ1n) is 4.60. The van der Waals surface area contributed by atoms with Crippen LogP contribution in [0.4, 0.5) is 0 Å². The fourth-order valence-corrected chi connectivity index (χ4v) is 1.71. The van der Waals surface area contributed by atoms with Crippen molar-refractivity contribution in [1.29, 1.82) is 0 Å². The van der Waals surface area contributed by atoms with Crippen molar-refractivity contribution in [1.82, 2.24) is 9.55 Å². The van der Waals surface area contributed by atoms with Crippen LogP contribution in [0, 0.1) is 0 Å². The van der Waals surface area contributed by atoms with E-state index in [9.17, 15) is 5.11 Å². The lowest BCUT2D eigenvalue weighted by Gasteiger charge is -2.10. The summed E-state index contributed by atoms with van der Waals surface area (Å²) in [6, 6.07) is 9.37. The van der Waals surface area contributed by atoms with Crippen molar-refractivity contribution in [3.63, 3.8) is 0 Å². The summed E-state index contributed by atoms with van der Waals surface area (Å²) >= 11 is 5.75. The second kappa shape index (κ2) is 4.04. The highest BCUT2D eigenvalue weighted by atomic mass is 35.5. The minimum atomic E-state index is -0.733. The molecule has 0 amide bonds. The molecule has 0 bridgehead atoms. The lowest BCUT2D eigenvalue weighted by molar-refractivity contribution is 0.206. The first kappa shape index (κ1) is 10.2. The number of aliphatic hydroxyl groups excluding tert-OH is 1. The molecule has 1 atom stereocenters. The molecule has 15 heavy (non-hydrogen) atoms. The maximum Gasteiger partial charge on any atom is 0.147 e. The van der Waals surface area contributed by atoms with E-state index in [0.29, 0.717) is 11.0 Å². The molecule has 0 spiro atoms. The van der Waals surface area contributed by atoms with Gasteiger partial charge in [-0.05, 0) is 5.56 Å². The van der Waals surface area contributed by atoms with Gasteiger partial charge in [0.05, 0.1) is 0 Å². The van der Waals surface area contributed by atoms with Crippen LogP contribution in [-0.4, -0.2) is 14.7 Å². The average Bonchev–Trinajstić information content (AvgIpc) is 2.58. The fraction of sp³-hybridized carbons (Fsp3) is 0.182. The SMILES string of the molecule is Cn1cc(Cl)nc1[C@@H](O)c1ccccc1. The molecule has 3 nitrogen and oxygen atoms in total. The molecular formula is C11H11ClN2O. The number of rotatable bonds is 2. The molecule has 4 heteroatoms. The number of imidazole rings is 1. The quantitative estimate of drug-likeness (QED) is 0.846. The van der Waals surface area contributed by atoms with Crippen LogP contribution in [0.25, 0.3) is 0 Å². The van der Waals surface area contributed by atoms with E-state index in [1.165, 1.54) is 0 Å². The van der Waals surface area contributed by atoms with E-state index in [4.69, 9.17) is 11.6 Å². The monoisotopic (exact) mass is 222 g/mol. The van der Waals surface area contributed by atoms with Crippen LogP contribution in [0.1, 0.15) is 17.5 Å². The summed E-state index contributed by atoms with van der Waals surface area (Å²) in [5.74, 6) is 0.547. The van der Waals surface area contributed by atoms with Gasteiger partial charge < -0.3 is 9.67 Å². The molecule has 0 saturated heterocycles. The second-order valence-electron chi connectivity index (χ2n) is 3.35. The van der Waals surface area contributed by atoms with E-state index >= 15 is 0 Å². The molecule has 2 aromatic rings. The zero-order valence-corrected chi connectivity index (χ0v) is 9.02. The van der Waals surface area contributed by atoms with Gasteiger partial charge in [-0.2, -0.15) is 0 Å². The Kier molecular flexibility index (Phi) is 2.75. The standard InChI is InChI=1S/C11H11ClN2O/c1-14-7-9(12)13-11(14)10(15)8-5-3-2-4-6-8/h2-7,10,15H,1H3/t10-/m0/s1. The van der Waals surface area contributed by atoms with Gasteiger partial charge in [0.15, 0.2) is 0 Å². The first-order chi connectivity index (χ1) is 7.18. The maximum atomic E-state index is 10.0. The number of aliphatic hydroxyl groups is 1. The predicted molar refractivity (Wildman–Crippen MR) is 58.7 cm³/mol. The highest BCUT2D eigenvalue weighted by Gasteiger charge is 2.15. The Morgan fingerprint density at radius 1 is 1.33 bits per heavy atom. The number of benzene rings is 1. The topological polar surface area (TPSA) is 38.0 Å². The smallest absolute Gasteiger partial charge is 0.147 e. The highest BCUT2D eigenvalue weighted by Crippen LogP contribution is 2.21. The van der Waals surface area contributed by atoms with Crippen LogP contribution < -0.4 is 0 Å². The molecule has 1 aromatic carbocycles. The Morgan fingerprint density at radius 3 is 2.53 bits per heavy atom. The number of aromatic nitrogens is 2. The molecule has 1 aromatic heterocycles. The average molecular weight is 223 g/mol. The normalized spacial score (nSPS) is 12.7. The van der Waals surface area contributed by atoms with Crippen molar-refractivity contribution in [2.45, 2.75) is 6.10 Å². The minimum absolute atomic E-state index is 0.391. The molecule has 0 fully saturated rings. The van der Waals surface area contributed by atoms with Crippen LogP contribution >= 0.6 is 11.6 Å². The second-order valence-corrected chi connectivity index (χ2v) is 3.73. The Labute approximate surface area is 93.0 Å². The molecule has 0 aliphatic heterocycles. The van der Waals surface area contributed by atoms with Gasteiger partial charge in [-0.25, -0.2) is 4.98 Å². The number of hydrogen-bond donors (Lipinski definition) is 1. The molecule has 1 heterocycles. The Morgan fingerprint density at radius 2 is 2.00 bits per heavy atom. The van der Waals surface area contributed by atoms with Gasteiger partial charge in [-0.3, -0.25) is 0 Å². The zero-order chi connectivity index (χ0) is 10.8. The summed E-state index contributed by atoms with van der Waals surface area (Å²) < 4.78 is 1.72. The maximum absolute atomic E-state index is 10.0. The lowest BCUT2D eigenvalue weighted by atomic mass is 10.1. The molecule has 0 aliphatic rings. The zero-order valence-electron chi connectivity index (χ0n) is 8.26. The third kappa shape index (κ3) is 2.03. The third-order valence-corrected chi connectivity index (χ3v) is 2.42. The van der Waals surface area contributed by atoms with Crippen molar-refractivity contribution < 1.29 is 5.11 Å². The van der Waals surface area contributed by atoms with E-state index in [1.54, 1.807) is 17.8 Å². The predicted octanol–water partition coefficient (Wildman–Crippen LogP) is 2.16. The van der Waals surface area contributed by atoms with Crippen LogP contribution in [-0.2, 0) is 7.05 Å². The molecule has 0 radical (unpaired) electrons. The van der Waals surface area contributed by atoms with Crippen LogP contribution in [0.3, 0.4) is 0 Å². The Hall–Kier alpha value is -1.32. The van der Waals surface area contributed by atoms with Gasteiger partial charge in [0.1, 0.15) is 17.1 Å². The van der Waals surface area contributed by atoms with Crippen LogP contribution in [0.5, 0.6) is 0 Å². The molecule has 0 unspecified atom stereocenters.